The van der Waals surface area contributed by atoms with Gasteiger partial charge in [0, 0.05) is 37.7 Å². The number of hydrogen-bond acceptors (Lipinski definition) is 5. The second-order valence-electron chi connectivity index (χ2n) is 7.56. The Morgan fingerprint density at radius 1 is 1.20 bits per heavy atom. The fraction of sp³-hybridized carbons (Fsp3) is 0.571. The van der Waals surface area contributed by atoms with Crippen molar-refractivity contribution in [1.82, 2.24) is 14.9 Å². The van der Waals surface area contributed by atoms with E-state index < -0.39 is 10.0 Å². The van der Waals surface area contributed by atoms with E-state index in [1.165, 1.54) is 24.3 Å². The molecule has 8 nitrogen and oxygen atoms in total. The first-order valence-electron chi connectivity index (χ1n) is 10.4. The van der Waals surface area contributed by atoms with Crippen LogP contribution in [-0.2, 0) is 14.8 Å². The zero-order chi connectivity index (χ0) is 22.1. The third-order valence-electron chi connectivity index (χ3n) is 5.28. The van der Waals surface area contributed by atoms with Gasteiger partial charge in [-0.2, -0.15) is 5.26 Å². The van der Waals surface area contributed by atoms with Crippen LogP contribution in [0, 0.1) is 17.2 Å². The predicted molar refractivity (Wildman–Crippen MR) is 113 cm³/mol. The third kappa shape index (κ3) is 6.28. The first kappa shape index (κ1) is 23.8. The van der Waals surface area contributed by atoms with Gasteiger partial charge in [-0.3, -0.25) is 9.59 Å². The van der Waals surface area contributed by atoms with Crippen LogP contribution in [0.15, 0.2) is 29.2 Å². The number of likely N-dealkylation sites (tertiary alicyclic amines) is 1. The number of nitrogens with one attached hydrogen (secondary N) is 2. The van der Waals surface area contributed by atoms with Gasteiger partial charge >= 0.3 is 0 Å². The molecule has 2 rings (SSSR count). The van der Waals surface area contributed by atoms with Gasteiger partial charge in [0.15, 0.2) is 0 Å². The Balaban J connectivity index is 2.05. The van der Waals surface area contributed by atoms with Gasteiger partial charge in [-0.05, 0) is 50.5 Å². The molecule has 0 aromatic heterocycles. The van der Waals surface area contributed by atoms with Crippen molar-refractivity contribution >= 4 is 21.8 Å². The predicted octanol–water partition coefficient (Wildman–Crippen LogP) is 2.04. The number of piperidine rings is 1. The van der Waals surface area contributed by atoms with Crippen LogP contribution in [0.3, 0.4) is 0 Å². The number of hydrogen-bond donors (Lipinski definition) is 2. The molecule has 30 heavy (non-hydrogen) atoms. The van der Waals surface area contributed by atoms with Crippen LogP contribution in [0.1, 0.15) is 56.3 Å². The molecule has 0 radical (unpaired) electrons. The van der Waals surface area contributed by atoms with Crippen LogP contribution < -0.4 is 10.0 Å². The molecule has 0 unspecified atom stereocenters. The number of benzene rings is 1. The molecule has 0 spiro atoms. The Hall–Kier alpha value is -2.44. The lowest BCUT2D eigenvalue weighted by molar-refractivity contribution is -0.126. The van der Waals surface area contributed by atoms with Crippen LogP contribution in [0.2, 0.25) is 0 Å². The number of nitriles is 1. The third-order valence-corrected chi connectivity index (χ3v) is 6.76. The maximum Gasteiger partial charge on any atom is 0.254 e. The second-order valence-corrected chi connectivity index (χ2v) is 9.32. The maximum atomic E-state index is 13.0. The lowest BCUT2D eigenvalue weighted by atomic mass is 9.92. The highest BCUT2D eigenvalue weighted by molar-refractivity contribution is 7.89. The molecule has 1 saturated heterocycles. The van der Waals surface area contributed by atoms with Crippen molar-refractivity contribution in [2.24, 2.45) is 5.92 Å². The monoisotopic (exact) mass is 434 g/mol. The summed E-state index contributed by atoms with van der Waals surface area (Å²) in [4.78, 5) is 27.1. The SMILES string of the molecule is CCCCNC(=O)[C@@H]1CC[C@@H](C)N(C(=O)c2ccc(S(=O)(=O)NCCC#N)cc2)C1. The molecule has 2 N–H and O–H groups in total. The van der Waals surface area contributed by atoms with Crippen molar-refractivity contribution in [2.75, 3.05) is 19.6 Å². The largest absolute Gasteiger partial charge is 0.356 e. The molecular weight excluding hydrogens is 404 g/mol. The fourth-order valence-corrected chi connectivity index (χ4v) is 4.44. The number of sulfonamides is 1. The molecule has 9 heteroatoms. The summed E-state index contributed by atoms with van der Waals surface area (Å²) in [6.45, 7) is 5.06. The van der Waals surface area contributed by atoms with Crippen molar-refractivity contribution in [3.05, 3.63) is 29.8 Å². The Kier molecular flexibility index (Phi) is 8.81. The number of rotatable bonds is 9. The molecule has 1 aromatic carbocycles. The molecule has 0 saturated carbocycles. The Morgan fingerprint density at radius 2 is 1.90 bits per heavy atom. The molecule has 164 valence electrons. The Morgan fingerprint density at radius 3 is 2.53 bits per heavy atom. The van der Waals surface area contributed by atoms with Crippen molar-refractivity contribution in [2.45, 2.75) is 56.9 Å². The zero-order valence-corrected chi connectivity index (χ0v) is 18.4. The molecule has 1 aliphatic rings. The van der Waals surface area contributed by atoms with Crippen LogP contribution in [0.5, 0.6) is 0 Å². The second kappa shape index (κ2) is 11.1. The highest BCUT2D eigenvalue weighted by Crippen LogP contribution is 2.24. The van der Waals surface area contributed by atoms with Crippen molar-refractivity contribution in [3.63, 3.8) is 0 Å². The number of carbonyl (C=O) groups excluding carboxylic acids is 2. The van der Waals surface area contributed by atoms with Crippen LogP contribution in [0.25, 0.3) is 0 Å². The lowest BCUT2D eigenvalue weighted by Gasteiger charge is -2.37. The smallest absolute Gasteiger partial charge is 0.254 e. The Labute approximate surface area is 178 Å². The number of unbranched alkanes of at least 4 members (excludes halogenated alkanes) is 1. The molecular formula is C21H30N4O4S. The summed E-state index contributed by atoms with van der Waals surface area (Å²) < 4.78 is 26.8. The van der Waals surface area contributed by atoms with Gasteiger partial charge in [0.1, 0.15) is 0 Å². The molecule has 1 heterocycles. The van der Waals surface area contributed by atoms with E-state index in [9.17, 15) is 18.0 Å². The summed E-state index contributed by atoms with van der Waals surface area (Å²) in [5.74, 6) is -0.459. The molecule has 1 fully saturated rings. The lowest BCUT2D eigenvalue weighted by Crippen LogP contribution is -2.49. The minimum atomic E-state index is -3.72. The van der Waals surface area contributed by atoms with E-state index >= 15 is 0 Å². The number of amides is 2. The van der Waals surface area contributed by atoms with E-state index in [2.05, 4.69) is 17.0 Å². The van der Waals surface area contributed by atoms with Crippen LogP contribution in [0.4, 0.5) is 0 Å². The number of nitrogens with zero attached hydrogens (tertiary/aromatic N) is 2. The van der Waals surface area contributed by atoms with Gasteiger partial charge in [0.2, 0.25) is 15.9 Å². The van der Waals surface area contributed by atoms with Crippen LogP contribution >= 0.6 is 0 Å². The molecule has 2 amide bonds. The highest BCUT2D eigenvalue weighted by atomic mass is 32.2. The molecule has 1 aromatic rings. The van der Waals surface area contributed by atoms with E-state index in [0.717, 1.165) is 25.7 Å². The molecule has 0 bridgehead atoms. The van der Waals surface area contributed by atoms with Gasteiger partial charge in [-0.15, -0.1) is 0 Å². The van der Waals surface area contributed by atoms with E-state index in [4.69, 9.17) is 5.26 Å². The molecule has 2 atom stereocenters. The van der Waals surface area contributed by atoms with Crippen molar-refractivity contribution in [3.8, 4) is 6.07 Å². The van der Waals surface area contributed by atoms with Gasteiger partial charge < -0.3 is 10.2 Å². The summed E-state index contributed by atoms with van der Waals surface area (Å²) in [5.41, 5.74) is 0.380. The summed E-state index contributed by atoms with van der Waals surface area (Å²) in [5, 5.41) is 11.5. The average molecular weight is 435 g/mol. The minimum Gasteiger partial charge on any atom is -0.356 e. The van der Waals surface area contributed by atoms with Gasteiger partial charge in [0.25, 0.3) is 5.91 Å². The topological polar surface area (TPSA) is 119 Å². The van der Waals surface area contributed by atoms with Gasteiger partial charge in [-0.1, -0.05) is 13.3 Å². The fourth-order valence-electron chi connectivity index (χ4n) is 3.40. The summed E-state index contributed by atoms with van der Waals surface area (Å²) in [7, 11) is -3.72. The Bertz CT molecular complexity index is 877. The molecule has 0 aliphatic carbocycles. The van der Waals surface area contributed by atoms with E-state index in [0.29, 0.717) is 18.7 Å². The number of carbonyl (C=O) groups is 2. The van der Waals surface area contributed by atoms with Crippen LogP contribution in [-0.4, -0.2) is 50.8 Å². The molecule has 1 aliphatic heterocycles. The first-order valence-corrected chi connectivity index (χ1v) is 11.8. The summed E-state index contributed by atoms with van der Waals surface area (Å²) >= 11 is 0. The summed E-state index contributed by atoms with van der Waals surface area (Å²) in [6, 6.07) is 7.61. The van der Waals surface area contributed by atoms with Crippen molar-refractivity contribution in [1.29, 1.82) is 5.26 Å². The average Bonchev–Trinajstić information content (AvgIpc) is 2.74. The quantitative estimate of drug-likeness (QED) is 0.577. The van der Waals surface area contributed by atoms with E-state index in [-0.39, 0.29) is 41.6 Å². The maximum absolute atomic E-state index is 13.0. The highest BCUT2D eigenvalue weighted by Gasteiger charge is 2.33. The normalized spacial score (nSPS) is 19.2. The first-order chi connectivity index (χ1) is 14.3. The minimum absolute atomic E-state index is 0.00764. The standard InChI is InChI=1S/C21H30N4O4S/c1-3-4-13-23-20(26)18-7-6-16(2)25(15-18)21(27)17-8-10-19(11-9-17)30(28,29)24-14-5-12-22/h8-11,16,18,24H,3-7,13-15H2,1-2H3,(H,23,26)/t16-,18-/m1/s1. The van der Waals surface area contributed by atoms with Gasteiger partial charge in [-0.25, -0.2) is 13.1 Å². The summed E-state index contributed by atoms with van der Waals surface area (Å²) in [6.07, 6.45) is 3.50. The zero-order valence-electron chi connectivity index (χ0n) is 17.6. The van der Waals surface area contributed by atoms with Crippen molar-refractivity contribution < 1.29 is 18.0 Å². The van der Waals surface area contributed by atoms with Gasteiger partial charge in [0.05, 0.1) is 16.9 Å². The van der Waals surface area contributed by atoms with E-state index in [1.54, 1.807) is 4.90 Å². The van der Waals surface area contributed by atoms with E-state index in [1.807, 2.05) is 13.0 Å².